The second-order valence-corrected chi connectivity index (χ2v) is 25.5. The molecule has 402 valence electrons. The number of anilines is 2. The standard InChI is InChI=1S/C55H65N9O9S3/c1-54(2,67)46-28-47(75(56,69)62-52(65)59-49-39-15-7-13-36(39)27-37-14-8-16-40(37)49)61-64(46)30-34-21-23-38(24-22-34)73-32-45-41-17-9-19-43(41)50(44-20-10-18-42(44)45)60-53(66)63-76(57,70)48-29-58-51(74-48)55(3,68)33-72-26-25-71-31-35-11-5-4-6-12-35/h4-6,11-12,21-24,27-29,67-68H,7-10,13-20,25-26,30-33H2,1-3H3,(H3,56,59,62,65,69)(H3,57,60,63,66,70)/t55-,75?,76?/m1/s1. The average molecular weight is 1090 g/mol. The maximum Gasteiger partial charge on any atom is 0.354 e. The lowest BCUT2D eigenvalue weighted by atomic mass is 9.92. The number of rotatable bonds is 18. The zero-order valence-electron chi connectivity index (χ0n) is 43.0. The third kappa shape index (κ3) is 11.7. The highest BCUT2D eigenvalue weighted by molar-refractivity contribution is 7.93. The van der Waals surface area contributed by atoms with E-state index in [0.29, 0.717) is 37.0 Å². The molecule has 6 aromatic rings. The largest absolute Gasteiger partial charge is 0.489 e. The molecule has 0 fully saturated rings. The molecular weight excluding hydrogens is 1030 g/mol. The number of thiazole rings is 1. The highest BCUT2D eigenvalue weighted by Crippen LogP contribution is 2.43. The second kappa shape index (κ2) is 21.9. The maximum absolute atomic E-state index is 14.0. The van der Waals surface area contributed by atoms with Crippen LogP contribution in [0.3, 0.4) is 0 Å². The summed E-state index contributed by atoms with van der Waals surface area (Å²) in [6.07, 6.45) is 11.8. The first kappa shape index (κ1) is 53.5. The number of urea groups is 2. The van der Waals surface area contributed by atoms with Gasteiger partial charge in [0, 0.05) is 17.4 Å². The quantitative estimate of drug-likeness (QED) is 0.0445. The van der Waals surface area contributed by atoms with Gasteiger partial charge in [-0.1, -0.05) is 48.5 Å². The summed E-state index contributed by atoms with van der Waals surface area (Å²) < 4.78 is 55.0. The molecule has 4 aliphatic carbocycles. The number of hydrogen-bond acceptors (Lipinski definition) is 12. The summed E-state index contributed by atoms with van der Waals surface area (Å²) in [5, 5.41) is 45.4. The number of aromatic nitrogens is 3. The molecule has 0 saturated heterocycles. The first-order valence-corrected chi connectivity index (χ1v) is 29.8. The predicted octanol–water partition coefficient (Wildman–Crippen LogP) is 8.46. The van der Waals surface area contributed by atoms with E-state index in [1.165, 1.54) is 35.0 Å². The summed E-state index contributed by atoms with van der Waals surface area (Å²) in [6.45, 7) is 6.15. The number of aliphatic hydroxyl groups is 2. The van der Waals surface area contributed by atoms with Gasteiger partial charge >= 0.3 is 12.1 Å². The van der Waals surface area contributed by atoms with Crippen LogP contribution < -0.4 is 25.6 Å². The zero-order valence-corrected chi connectivity index (χ0v) is 45.5. The van der Waals surface area contributed by atoms with E-state index in [-0.39, 0.29) is 34.0 Å². The number of ether oxygens (including phenoxy) is 3. The fraction of sp³-hybridized carbons (Fsp3) is 0.418. The van der Waals surface area contributed by atoms with Gasteiger partial charge < -0.3 is 35.1 Å². The van der Waals surface area contributed by atoms with E-state index >= 15 is 0 Å². The average Bonchev–Trinajstić information content (AvgIpc) is 4.28. The van der Waals surface area contributed by atoms with E-state index in [1.807, 2.05) is 54.6 Å². The molecule has 0 spiro atoms. The molecule has 4 aromatic carbocycles. The monoisotopic (exact) mass is 1090 g/mol. The molecule has 0 saturated carbocycles. The number of carbonyl (C=O) groups is 2. The van der Waals surface area contributed by atoms with Crippen molar-refractivity contribution in [3.8, 4) is 5.75 Å². The minimum atomic E-state index is -3.81. The van der Waals surface area contributed by atoms with E-state index in [0.717, 1.165) is 144 Å². The molecule has 0 radical (unpaired) electrons. The van der Waals surface area contributed by atoms with Gasteiger partial charge in [-0.05, 0) is 171 Å². The summed E-state index contributed by atoms with van der Waals surface area (Å²) in [4.78, 5) is 31.3. The minimum absolute atomic E-state index is 0.0507. The zero-order chi connectivity index (χ0) is 53.4. The van der Waals surface area contributed by atoms with Crippen molar-refractivity contribution >= 4 is 54.6 Å². The topological polar surface area (TPSA) is 268 Å². The molecule has 10 rings (SSSR count). The molecular formula is C55H65N9O9S3. The number of hydrogen-bond donors (Lipinski definition) is 6. The van der Waals surface area contributed by atoms with Crippen molar-refractivity contribution in [1.29, 1.82) is 0 Å². The van der Waals surface area contributed by atoms with Gasteiger partial charge in [-0.15, -0.1) is 20.1 Å². The molecule has 21 heteroatoms. The molecule has 2 aromatic heterocycles. The number of aryl methyl sites for hydroxylation is 2. The molecule has 2 heterocycles. The maximum atomic E-state index is 14.0. The predicted molar refractivity (Wildman–Crippen MR) is 291 cm³/mol. The van der Waals surface area contributed by atoms with Crippen LogP contribution in [-0.2, 0) is 112 Å². The number of nitrogens with one attached hydrogen (secondary N) is 2. The van der Waals surface area contributed by atoms with Crippen molar-refractivity contribution in [2.45, 2.75) is 138 Å². The molecule has 4 aliphatic rings. The molecule has 3 atom stereocenters. The lowest BCUT2D eigenvalue weighted by Crippen LogP contribution is -2.28. The molecule has 0 bridgehead atoms. The van der Waals surface area contributed by atoms with Gasteiger partial charge in [0.1, 0.15) is 32.8 Å². The first-order valence-electron chi connectivity index (χ1n) is 25.8. The van der Waals surface area contributed by atoms with E-state index in [4.69, 9.17) is 24.5 Å². The van der Waals surface area contributed by atoms with E-state index in [9.17, 15) is 28.2 Å². The highest BCUT2D eigenvalue weighted by Gasteiger charge is 2.33. The van der Waals surface area contributed by atoms with E-state index in [1.54, 1.807) is 13.8 Å². The number of carbonyl (C=O) groups excluding carboxylic acids is 2. The Morgan fingerprint density at radius 2 is 1.28 bits per heavy atom. The fourth-order valence-corrected chi connectivity index (χ4v) is 14.0. The van der Waals surface area contributed by atoms with Crippen LogP contribution >= 0.6 is 11.3 Å². The SMILES string of the molecule is CC(C)(O)c1cc(S(N)(=O)=NC(=O)Nc2c3c(cc4c2CCC4)CCC3)nn1Cc1ccc(OCc2c3c(c(NC(=O)N=S(N)(=O)c4cnc([C@](C)(O)COCCOCc5ccccc5)s4)c4c2CCC4)CCC3)cc1. The molecule has 0 aliphatic heterocycles. The van der Waals surface area contributed by atoms with Gasteiger partial charge in [0.25, 0.3) is 0 Å². The molecule has 8 N–H and O–H groups in total. The third-order valence-corrected chi connectivity index (χ3v) is 18.9. The Hall–Kier alpha value is -5.88. The lowest BCUT2D eigenvalue weighted by molar-refractivity contribution is -0.0528. The molecule has 18 nitrogen and oxygen atoms in total. The van der Waals surface area contributed by atoms with Crippen LogP contribution in [0.5, 0.6) is 5.75 Å². The Balaban J connectivity index is 0.783. The number of nitrogens with zero attached hydrogens (tertiary/aromatic N) is 5. The third-order valence-electron chi connectivity index (χ3n) is 14.6. The van der Waals surface area contributed by atoms with Gasteiger partial charge in [-0.25, -0.2) is 33.3 Å². The van der Waals surface area contributed by atoms with Gasteiger partial charge in [0.2, 0.25) is 0 Å². The van der Waals surface area contributed by atoms with Crippen LogP contribution in [0.1, 0.15) is 118 Å². The van der Waals surface area contributed by atoms with Gasteiger partial charge in [-0.2, -0.15) is 5.10 Å². The van der Waals surface area contributed by atoms with E-state index < -0.39 is 43.1 Å². The number of benzene rings is 4. The van der Waals surface area contributed by atoms with Crippen molar-refractivity contribution in [2.75, 3.05) is 30.5 Å². The lowest BCUT2D eigenvalue weighted by Gasteiger charge is -2.21. The Kier molecular flexibility index (Phi) is 15.4. The summed E-state index contributed by atoms with van der Waals surface area (Å²) in [7, 11) is -7.53. The van der Waals surface area contributed by atoms with Crippen LogP contribution in [0.25, 0.3) is 0 Å². The van der Waals surface area contributed by atoms with Crippen molar-refractivity contribution in [2.24, 2.45) is 19.0 Å². The molecule has 4 amide bonds. The summed E-state index contributed by atoms with van der Waals surface area (Å²) in [5.74, 6) is 0.633. The summed E-state index contributed by atoms with van der Waals surface area (Å²) >= 11 is 0.915. The normalized spacial score (nSPS) is 16.9. The summed E-state index contributed by atoms with van der Waals surface area (Å²) in [6, 6.07) is 19.4. The number of fused-ring (bicyclic) bond motifs is 4. The van der Waals surface area contributed by atoms with Crippen molar-refractivity contribution in [1.82, 2.24) is 14.8 Å². The first-order chi connectivity index (χ1) is 36.3. The summed E-state index contributed by atoms with van der Waals surface area (Å²) in [5.41, 5.74) is 10.9. The van der Waals surface area contributed by atoms with Gasteiger partial charge in [0.05, 0.1) is 44.9 Å². The number of amides is 4. The molecule has 76 heavy (non-hydrogen) atoms. The van der Waals surface area contributed by atoms with Crippen molar-refractivity contribution in [3.63, 3.8) is 0 Å². The molecule has 2 unspecified atom stereocenters. The fourth-order valence-electron chi connectivity index (χ4n) is 11.0. The minimum Gasteiger partial charge on any atom is -0.489 e. The van der Waals surface area contributed by atoms with Gasteiger partial charge in [-0.3, -0.25) is 4.68 Å². The Bertz CT molecular complexity index is 3390. The Morgan fingerprint density at radius 1 is 0.711 bits per heavy atom. The number of nitrogens with two attached hydrogens (primary N) is 2. The van der Waals surface area contributed by atoms with Crippen LogP contribution in [0, 0.1) is 0 Å². The van der Waals surface area contributed by atoms with Crippen LogP contribution in [0.4, 0.5) is 21.0 Å². The van der Waals surface area contributed by atoms with E-state index in [2.05, 4.69) is 35.5 Å². The van der Waals surface area contributed by atoms with Crippen molar-refractivity contribution < 1.29 is 42.4 Å². The second-order valence-electron chi connectivity index (χ2n) is 20.8. The van der Waals surface area contributed by atoms with Crippen molar-refractivity contribution in [3.05, 3.63) is 145 Å². The Morgan fingerprint density at radius 3 is 1.91 bits per heavy atom. The van der Waals surface area contributed by atoms with Crippen LogP contribution in [0.2, 0.25) is 0 Å². The highest BCUT2D eigenvalue weighted by atomic mass is 32.2. The van der Waals surface area contributed by atoms with Gasteiger partial charge in [0.15, 0.2) is 24.9 Å². The van der Waals surface area contributed by atoms with Crippen LogP contribution in [-0.4, -0.2) is 65.3 Å². The van der Waals surface area contributed by atoms with Crippen LogP contribution in [0.15, 0.2) is 90.9 Å². The Labute approximate surface area is 447 Å². The smallest absolute Gasteiger partial charge is 0.354 e.